The van der Waals surface area contributed by atoms with E-state index in [-0.39, 0.29) is 11.4 Å². The molecule has 0 saturated heterocycles. The number of hydrogen-bond acceptors (Lipinski definition) is 4. The van der Waals surface area contributed by atoms with E-state index in [1.807, 2.05) is 14.1 Å². The minimum atomic E-state index is -0.506. The number of rotatable bonds is 5. The number of nitrogens with zero attached hydrogens (tertiary/aromatic N) is 1. The maximum absolute atomic E-state index is 12.2. The third kappa shape index (κ3) is 3.23. The summed E-state index contributed by atoms with van der Waals surface area (Å²) in [6.07, 6.45) is 1.90. The lowest BCUT2D eigenvalue weighted by Crippen LogP contribution is -2.56. The Morgan fingerprint density at radius 1 is 1.44 bits per heavy atom. The standard InChI is InChI=1S/C14H28N2O2/c1-11-9-13(2,3)10-14(11,12(17)18-6)15-7-8-16(4)5/h11,15H,7-10H2,1-6H3. The quantitative estimate of drug-likeness (QED) is 0.757. The number of carbonyl (C=O) groups excluding carboxylic acids is 1. The van der Waals surface area contributed by atoms with Crippen LogP contribution in [0.1, 0.15) is 33.6 Å². The van der Waals surface area contributed by atoms with Crippen molar-refractivity contribution < 1.29 is 9.53 Å². The number of ether oxygens (including phenoxy) is 1. The predicted octanol–water partition coefficient (Wildman–Crippen LogP) is 1.51. The second kappa shape index (κ2) is 5.57. The average molecular weight is 256 g/mol. The summed E-state index contributed by atoms with van der Waals surface area (Å²) in [5.41, 5.74) is -0.313. The molecular weight excluding hydrogens is 228 g/mol. The van der Waals surface area contributed by atoms with E-state index in [1.165, 1.54) is 7.11 Å². The fraction of sp³-hybridized carbons (Fsp3) is 0.929. The zero-order valence-corrected chi connectivity index (χ0v) is 12.7. The molecule has 18 heavy (non-hydrogen) atoms. The number of methoxy groups -OCH3 is 1. The van der Waals surface area contributed by atoms with Crippen molar-refractivity contribution in [1.82, 2.24) is 10.2 Å². The minimum Gasteiger partial charge on any atom is -0.468 e. The SMILES string of the molecule is COC(=O)C1(NCCN(C)C)CC(C)(C)CC1C. The number of hydrogen-bond donors (Lipinski definition) is 1. The monoisotopic (exact) mass is 256 g/mol. The Labute approximate surface area is 111 Å². The molecule has 1 N–H and O–H groups in total. The molecule has 0 spiro atoms. The minimum absolute atomic E-state index is 0.112. The number of nitrogens with one attached hydrogen (secondary N) is 1. The van der Waals surface area contributed by atoms with E-state index in [4.69, 9.17) is 4.74 Å². The molecule has 1 saturated carbocycles. The summed E-state index contributed by atoms with van der Waals surface area (Å²) in [5.74, 6) is 0.196. The van der Waals surface area contributed by atoms with Crippen molar-refractivity contribution in [2.45, 2.75) is 39.2 Å². The van der Waals surface area contributed by atoms with Gasteiger partial charge in [0.1, 0.15) is 5.54 Å². The first-order chi connectivity index (χ1) is 8.23. The van der Waals surface area contributed by atoms with Gasteiger partial charge in [-0.2, -0.15) is 0 Å². The smallest absolute Gasteiger partial charge is 0.326 e. The molecule has 2 atom stereocenters. The summed E-state index contributed by atoms with van der Waals surface area (Å²) >= 11 is 0. The molecule has 0 aromatic rings. The highest BCUT2D eigenvalue weighted by Gasteiger charge is 2.54. The molecule has 1 fully saturated rings. The lowest BCUT2D eigenvalue weighted by atomic mass is 9.86. The van der Waals surface area contributed by atoms with Gasteiger partial charge in [0.25, 0.3) is 0 Å². The Hall–Kier alpha value is -0.610. The van der Waals surface area contributed by atoms with Crippen LogP contribution in [0, 0.1) is 11.3 Å². The van der Waals surface area contributed by atoms with E-state index in [0.717, 1.165) is 25.9 Å². The molecule has 1 rings (SSSR count). The summed E-state index contributed by atoms with van der Waals surface area (Å²) in [6.45, 7) is 8.33. The summed E-state index contributed by atoms with van der Waals surface area (Å²) in [6, 6.07) is 0. The van der Waals surface area contributed by atoms with Crippen molar-refractivity contribution >= 4 is 5.97 Å². The van der Waals surface area contributed by atoms with Gasteiger partial charge in [-0.05, 0) is 38.3 Å². The van der Waals surface area contributed by atoms with Gasteiger partial charge in [-0.3, -0.25) is 4.79 Å². The topological polar surface area (TPSA) is 41.6 Å². The molecule has 4 heteroatoms. The van der Waals surface area contributed by atoms with Crippen molar-refractivity contribution in [3.05, 3.63) is 0 Å². The van der Waals surface area contributed by atoms with E-state index >= 15 is 0 Å². The molecule has 0 aromatic heterocycles. The third-order valence-corrected chi connectivity index (χ3v) is 4.01. The van der Waals surface area contributed by atoms with Crippen LogP contribution in [0.4, 0.5) is 0 Å². The van der Waals surface area contributed by atoms with Gasteiger partial charge in [0, 0.05) is 13.1 Å². The molecule has 0 aromatic carbocycles. The summed E-state index contributed by atoms with van der Waals surface area (Å²) in [5, 5.41) is 3.47. The fourth-order valence-electron chi connectivity index (χ4n) is 3.27. The third-order valence-electron chi connectivity index (χ3n) is 4.01. The maximum Gasteiger partial charge on any atom is 0.326 e. The Kier molecular flexibility index (Phi) is 4.78. The number of esters is 1. The second-order valence-corrected chi connectivity index (χ2v) is 6.64. The Balaban J connectivity index is 2.80. The lowest BCUT2D eigenvalue weighted by Gasteiger charge is -2.33. The number of carbonyl (C=O) groups is 1. The zero-order chi connectivity index (χ0) is 14.0. The highest BCUT2D eigenvalue weighted by Crippen LogP contribution is 2.47. The molecule has 1 aliphatic carbocycles. The van der Waals surface area contributed by atoms with Crippen LogP contribution in [0.5, 0.6) is 0 Å². The van der Waals surface area contributed by atoms with Crippen LogP contribution >= 0.6 is 0 Å². The van der Waals surface area contributed by atoms with Crippen LogP contribution in [0.15, 0.2) is 0 Å². The van der Waals surface area contributed by atoms with Crippen LogP contribution in [0.25, 0.3) is 0 Å². The number of likely N-dealkylation sites (N-methyl/N-ethyl adjacent to an activating group) is 1. The Morgan fingerprint density at radius 2 is 2.06 bits per heavy atom. The van der Waals surface area contributed by atoms with Crippen LogP contribution < -0.4 is 5.32 Å². The molecule has 106 valence electrons. The van der Waals surface area contributed by atoms with Gasteiger partial charge in [-0.1, -0.05) is 20.8 Å². The van der Waals surface area contributed by atoms with Gasteiger partial charge in [-0.15, -0.1) is 0 Å². The highest BCUT2D eigenvalue weighted by molar-refractivity contribution is 5.81. The van der Waals surface area contributed by atoms with Crippen LogP contribution in [-0.4, -0.2) is 50.7 Å². The van der Waals surface area contributed by atoms with Crippen molar-refractivity contribution in [2.24, 2.45) is 11.3 Å². The maximum atomic E-state index is 12.2. The van der Waals surface area contributed by atoms with Crippen LogP contribution in [0.2, 0.25) is 0 Å². The summed E-state index contributed by atoms with van der Waals surface area (Å²) in [4.78, 5) is 14.3. The van der Waals surface area contributed by atoms with Gasteiger partial charge < -0.3 is 15.0 Å². The first-order valence-electron chi connectivity index (χ1n) is 6.72. The molecule has 4 nitrogen and oxygen atoms in total. The van der Waals surface area contributed by atoms with Crippen molar-refractivity contribution in [3.8, 4) is 0 Å². The van der Waals surface area contributed by atoms with Crippen LogP contribution in [0.3, 0.4) is 0 Å². The Morgan fingerprint density at radius 3 is 2.44 bits per heavy atom. The molecule has 0 aliphatic heterocycles. The molecule has 0 amide bonds. The normalized spacial score (nSPS) is 30.7. The average Bonchev–Trinajstić information content (AvgIpc) is 2.47. The van der Waals surface area contributed by atoms with Gasteiger partial charge in [0.05, 0.1) is 7.11 Å². The molecule has 0 heterocycles. The van der Waals surface area contributed by atoms with E-state index in [2.05, 4.69) is 31.0 Å². The van der Waals surface area contributed by atoms with Crippen molar-refractivity contribution in [1.29, 1.82) is 0 Å². The lowest BCUT2D eigenvalue weighted by molar-refractivity contribution is -0.150. The predicted molar refractivity (Wildman–Crippen MR) is 73.5 cm³/mol. The molecular formula is C14H28N2O2. The van der Waals surface area contributed by atoms with Gasteiger partial charge >= 0.3 is 5.97 Å². The van der Waals surface area contributed by atoms with Crippen molar-refractivity contribution in [2.75, 3.05) is 34.3 Å². The van der Waals surface area contributed by atoms with E-state index < -0.39 is 5.54 Å². The summed E-state index contributed by atoms with van der Waals surface area (Å²) < 4.78 is 5.04. The van der Waals surface area contributed by atoms with E-state index in [1.54, 1.807) is 0 Å². The van der Waals surface area contributed by atoms with E-state index in [0.29, 0.717) is 5.92 Å². The highest BCUT2D eigenvalue weighted by atomic mass is 16.5. The largest absolute Gasteiger partial charge is 0.468 e. The fourth-order valence-corrected chi connectivity index (χ4v) is 3.27. The molecule has 2 unspecified atom stereocenters. The van der Waals surface area contributed by atoms with Gasteiger partial charge in [-0.25, -0.2) is 0 Å². The van der Waals surface area contributed by atoms with E-state index in [9.17, 15) is 4.79 Å². The first kappa shape index (κ1) is 15.4. The summed E-state index contributed by atoms with van der Waals surface area (Å²) in [7, 11) is 5.55. The second-order valence-electron chi connectivity index (χ2n) is 6.64. The van der Waals surface area contributed by atoms with Crippen LogP contribution in [-0.2, 0) is 9.53 Å². The first-order valence-corrected chi connectivity index (χ1v) is 6.72. The molecule has 1 aliphatic rings. The van der Waals surface area contributed by atoms with Gasteiger partial charge in [0.15, 0.2) is 0 Å². The molecule has 0 radical (unpaired) electrons. The zero-order valence-electron chi connectivity index (χ0n) is 12.7. The van der Waals surface area contributed by atoms with Crippen molar-refractivity contribution in [3.63, 3.8) is 0 Å². The molecule has 0 bridgehead atoms. The Bertz CT molecular complexity index is 302. The van der Waals surface area contributed by atoms with Gasteiger partial charge in [0.2, 0.25) is 0 Å².